The fraction of sp³-hybridized carbons (Fsp3) is 0.500. The van der Waals surface area contributed by atoms with Crippen molar-refractivity contribution in [2.75, 3.05) is 11.8 Å². The van der Waals surface area contributed by atoms with Gasteiger partial charge in [0.1, 0.15) is 5.75 Å². The Bertz CT molecular complexity index is 427. The maximum Gasteiger partial charge on any atom is 0.261 e. The van der Waals surface area contributed by atoms with Crippen molar-refractivity contribution in [3.05, 3.63) is 29.8 Å². The first-order valence-electron chi connectivity index (χ1n) is 6.32. The van der Waals surface area contributed by atoms with E-state index in [-0.39, 0.29) is 5.91 Å². The number of para-hydroxylation sites is 1. The van der Waals surface area contributed by atoms with E-state index in [0.717, 1.165) is 11.3 Å². The number of carbonyl (C=O) groups is 1. The van der Waals surface area contributed by atoms with Crippen LogP contribution in [0, 0.1) is 0 Å². The molecule has 1 aromatic carbocycles. The summed E-state index contributed by atoms with van der Waals surface area (Å²) in [7, 11) is 0. The number of amides is 1. The first-order chi connectivity index (χ1) is 9.14. The quantitative estimate of drug-likeness (QED) is 0.849. The molecule has 5 heteroatoms. The summed E-state index contributed by atoms with van der Waals surface area (Å²) in [6, 6.07) is 7.68. The number of hydrogen-bond acceptors (Lipinski definition) is 2. The van der Waals surface area contributed by atoms with Gasteiger partial charge in [0.2, 0.25) is 0 Å². The van der Waals surface area contributed by atoms with Crippen LogP contribution in [0.1, 0.15) is 18.9 Å². The van der Waals surface area contributed by atoms with Crippen LogP contribution in [-0.4, -0.2) is 29.3 Å². The molecule has 0 fully saturated rings. The van der Waals surface area contributed by atoms with Crippen LogP contribution in [0.3, 0.4) is 0 Å². The van der Waals surface area contributed by atoms with Gasteiger partial charge in [-0.15, -0.1) is 23.2 Å². The van der Waals surface area contributed by atoms with Gasteiger partial charge in [0, 0.05) is 18.2 Å². The van der Waals surface area contributed by atoms with Gasteiger partial charge in [-0.05, 0) is 18.1 Å². The average molecular weight is 302 g/mol. The lowest BCUT2D eigenvalue weighted by molar-refractivity contribution is -0.128. The molecule has 0 saturated carbocycles. The summed E-state index contributed by atoms with van der Waals surface area (Å²) in [6.07, 6.45) is 0.785. The molecule has 0 saturated heterocycles. The number of halogens is 2. The molecule has 1 atom stereocenters. The molecule has 104 valence electrons. The van der Waals surface area contributed by atoms with E-state index in [9.17, 15) is 4.79 Å². The van der Waals surface area contributed by atoms with Crippen LogP contribution >= 0.6 is 23.2 Å². The van der Waals surface area contributed by atoms with Crippen LogP contribution in [0.4, 0.5) is 0 Å². The van der Waals surface area contributed by atoms with Crippen LogP contribution in [0.25, 0.3) is 0 Å². The zero-order valence-electron chi connectivity index (χ0n) is 10.8. The van der Waals surface area contributed by atoms with Gasteiger partial charge in [-0.2, -0.15) is 0 Å². The third-order valence-corrected chi connectivity index (χ3v) is 4.54. The molecule has 1 amide bonds. The highest BCUT2D eigenvalue weighted by Gasteiger charge is 2.35. The van der Waals surface area contributed by atoms with E-state index in [0.29, 0.717) is 24.6 Å². The van der Waals surface area contributed by atoms with E-state index in [1.807, 2.05) is 31.2 Å². The summed E-state index contributed by atoms with van der Waals surface area (Å²) in [5.41, 5.74) is 0.500. The van der Waals surface area contributed by atoms with E-state index < -0.39 is 11.6 Å². The summed E-state index contributed by atoms with van der Waals surface area (Å²) in [5, 5.41) is 2.93. The Morgan fingerprint density at radius 1 is 1.42 bits per heavy atom. The fourth-order valence-electron chi connectivity index (χ4n) is 2.05. The maximum atomic E-state index is 12.3. The Hall–Kier alpha value is -0.930. The minimum absolute atomic E-state index is 0.153. The normalized spacial score (nSPS) is 17.7. The van der Waals surface area contributed by atoms with Gasteiger partial charge >= 0.3 is 0 Å². The molecule has 1 heterocycles. The summed E-state index contributed by atoms with van der Waals surface area (Å²) in [5.74, 6) is 1.21. The van der Waals surface area contributed by atoms with Crippen molar-refractivity contribution in [1.29, 1.82) is 0 Å². The minimum Gasteiger partial charge on any atom is -0.480 e. The lowest BCUT2D eigenvalue weighted by atomic mass is 10.0. The first-order valence-corrected chi connectivity index (χ1v) is 7.39. The van der Waals surface area contributed by atoms with Crippen molar-refractivity contribution < 1.29 is 9.53 Å². The van der Waals surface area contributed by atoms with Crippen LogP contribution in [-0.2, 0) is 11.2 Å². The zero-order valence-corrected chi connectivity index (χ0v) is 12.3. The van der Waals surface area contributed by atoms with Gasteiger partial charge in [0.25, 0.3) is 5.91 Å². The zero-order chi connectivity index (χ0) is 13.9. The molecule has 19 heavy (non-hydrogen) atoms. The van der Waals surface area contributed by atoms with Gasteiger partial charge < -0.3 is 10.1 Å². The molecule has 0 aromatic heterocycles. The van der Waals surface area contributed by atoms with Crippen molar-refractivity contribution in [3.63, 3.8) is 0 Å². The van der Waals surface area contributed by atoms with Crippen molar-refractivity contribution in [1.82, 2.24) is 5.32 Å². The standard InChI is InChI=1S/C14H17Cl2NO2/c1-2-14(8-15,9-16)17-13(18)12-7-10-5-3-4-6-11(10)19-12/h3-6,12H,2,7-9H2,1H3,(H,17,18). The van der Waals surface area contributed by atoms with Crippen LogP contribution in [0.2, 0.25) is 0 Å². The van der Waals surface area contributed by atoms with Crippen LogP contribution in [0.5, 0.6) is 5.75 Å². The maximum absolute atomic E-state index is 12.3. The second-order valence-electron chi connectivity index (χ2n) is 4.81. The molecule has 1 N–H and O–H groups in total. The molecule has 3 nitrogen and oxygen atoms in total. The number of benzene rings is 1. The second kappa shape index (κ2) is 6.02. The van der Waals surface area contributed by atoms with Gasteiger partial charge in [0.05, 0.1) is 5.54 Å². The Balaban J connectivity index is 2.03. The second-order valence-corrected chi connectivity index (χ2v) is 5.34. The summed E-state index contributed by atoms with van der Waals surface area (Å²) < 4.78 is 5.65. The molecule has 0 bridgehead atoms. The number of hydrogen-bond donors (Lipinski definition) is 1. The molecule has 0 spiro atoms. The number of nitrogens with one attached hydrogen (secondary N) is 1. The third-order valence-electron chi connectivity index (χ3n) is 3.52. The molecular formula is C14H17Cl2NO2. The summed E-state index contributed by atoms with van der Waals surface area (Å²) >= 11 is 11.8. The fourth-order valence-corrected chi connectivity index (χ4v) is 2.85. The number of fused-ring (bicyclic) bond motifs is 1. The average Bonchev–Trinajstić information content (AvgIpc) is 2.89. The first kappa shape index (κ1) is 14.5. The third kappa shape index (κ3) is 2.98. The largest absolute Gasteiger partial charge is 0.480 e. The van der Waals surface area contributed by atoms with E-state index in [1.54, 1.807) is 0 Å². The lowest BCUT2D eigenvalue weighted by Gasteiger charge is -2.30. The molecule has 1 aliphatic heterocycles. The SMILES string of the molecule is CCC(CCl)(CCl)NC(=O)C1Cc2ccccc2O1. The Labute approximate surface area is 123 Å². The lowest BCUT2D eigenvalue weighted by Crippen LogP contribution is -2.55. The van der Waals surface area contributed by atoms with Crippen LogP contribution < -0.4 is 10.1 Å². The molecule has 2 rings (SSSR count). The van der Waals surface area contributed by atoms with Crippen molar-refractivity contribution in [2.45, 2.75) is 31.4 Å². The summed E-state index contributed by atoms with van der Waals surface area (Å²) in [4.78, 5) is 12.3. The smallest absolute Gasteiger partial charge is 0.261 e. The number of rotatable bonds is 5. The number of carbonyl (C=O) groups excluding carboxylic acids is 1. The van der Waals surface area contributed by atoms with Gasteiger partial charge in [-0.1, -0.05) is 25.1 Å². The highest BCUT2D eigenvalue weighted by molar-refractivity contribution is 6.22. The van der Waals surface area contributed by atoms with Crippen molar-refractivity contribution >= 4 is 29.1 Å². The van der Waals surface area contributed by atoms with Gasteiger partial charge in [0.15, 0.2) is 6.10 Å². The molecule has 0 aliphatic carbocycles. The highest BCUT2D eigenvalue weighted by Crippen LogP contribution is 2.28. The van der Waals surface area contributed by atoms with Crippen molar-refractivity contribution in [3.8, 4) is 5.75 Å². The Kier molecular flexibility index (Phi) is 4.58. The van der Waals surface area contributed by atoms with E-state index in [1.165, 1.54) is 0 Å². The van der Waals surface area contributed by atoms with Crippen LogP contribution in [0.15, 0.2) is 24.3 Å². The van der Waals surface area contributed by atoms with E-state index in [2.05, 4.69) is 5.32 Å². The molecule has 1 aliphatic rings. The molecule has 1 aromatic rings. The monoisotopic (exact) mass is 301 g/mol. The van der Waals surface area contributed by atoms with E-state index >= 15 is 0 Å². The minimum atomic E-state index is -0.557. The summed E-state index contributed by atoms with van der Waals surface area (Å²) in [6.45, 7) is 1.95. The van der Waals surface area contributed by atoms with E-state index in [4.69, 9.17) is 27.9 Å². The number of ether oxygens (including phenoxy) is 1. The number of alkyl halides is 2. The van der Waals surface area contributed by atoms with Gasteiger partial charge in [-0.25, -0.2) is 0 Å². The molecular weight excluding hydrogens is 285 g/mol. The topological polar surface area (TPSA) is 38.3 Å². The Morgan fingerprint density at radius 2 is 2.11 bits per heavy atom. The highest BCUT2D eigenvalue weighted by atomic mass is 35.5. The molecule has 1 unspecified atom stereocenters. The van der Waals surface area contributed by atoms with Crippen molar-refractivity contribution in [2.24, 2.45) is 0 Å². The Morgan fingerprint density at radius 3 is 2.68 bits per heavy atom. The van der Waals surface area contributed by atoms with Gasteiger partial charge in [-0.3, -0.25) is 4.79 Å². The predicted molar refractivity (Wildman–Crippen MR) is 77.2 cm³/mol. The molecule has 0 radical (unpaired) electrons. The predicted octanol–water partition coefficient (Wildman–Crippen LogP) is 2.73.